The number of hydrogen-bond acceptors (Lipinski definition) is 6. The molecule has 0 saturated carbocycles. The predicted molar refractivity (Wildman–Crippen MR) is 142 cm³/mol. The Kier molecular flexibility index (Phi) is 9.08. The molecule has 1 saturated heterocycles. The van der Waals surface area contributed by atoms with Gasteiger partial charge in [-0.2, -0.15) is 5.10 Å². The number of rotatable bonds is 10. The van der Waals surface area contributed by atoms with E-state index in [4.69, 9.17) is 9.47 Å². The van der Waals surface area contributed by atoms with Crippen LogP contribution in [0.3, 0.4) is 0 Å². The van der Waals surface area contributed by atoms with E-state index < -0.39 is 0 Å². The molecule has 188 valence electrons. The highest BCUT2D eigenvalue weighted by molar-refractivity contribution is 5.83. The zero-order chi connectivity index (χ0) is 25.2. The van der Waals surface area contributed by atoms with Gasteiger partial charge in [-0.1, -0.05) is 60.2 Å². The van der Waals surface area contributed by atoms with Crippen LogP contribution in [0, 0.1) is 6.92 Å². The first-order chi connectivity index (χ1) is 17.6. The second-order valence-corrected chi connectivity index (χ2v) is 9.02. The van der Waals surface area contributed by atoms with Crippen molar-refractivity contribution >= 4 is 12.1 Å². The molecule has 1 aliphatic rings. The molecule has 0 atom stereocenters. The summed E-state index contributed by atoms with van der Waals surface area (Å²) < 4.78 is 11.4. The first-order valence-corrected chi connectivity index (χ1v) is 12.3. The summed E-state index contributed by atoms with van der Waals surface area (Å²) in [6.07, 6.45) is 1.62. The van der Waals surface area contributed by atoms with Crippen LogP contribution in [-0.2, 0) is 17.9 Å². The van der Waals surface area contributed by atoms with Crippen molar-refractivity contribution in [3.05, 3.63) is 95.1 Å². The minimum absolute atomic E-state index is 0.118. The number of nitrogens with zero attached hydrogens (tertiary/aromatic N) is 3. The van der Waals surface area contributed by atoms with Crippen molar-refractivity contribution < 1.29 is 14.3 Å². The van der Waals surface area contributed by atoms with Gasteiger partial charge in [-0.05, 0) is 41.8 Å². The number of aryl methyl sites for hydroxylation is 1. The summed E-state index contributed by atoms with van der Waals surface area (Å²) in [6.45, 7) is 7.45. The first-order valence-electron chi connectivity index (χ1n) is 12.3. The Bertz CT molecular complexity index is 1140. The molecular formula is C29H34N4O3. The van der Waals surface area contributed by atoms with Crippen LogP contribution in [0.5, 0.6) is 11.5 Å². The highest BCUT2D eigenvalue weighted by Crippen LogP contribution is 2.28. The highest BCUT2D eigenvalue weighted by atomic mass is 16.5. The summed E-state index contributed by atoms with van der Waals surface area (Å²) in [5.74, 6) is 1.15. The maximum absolute atomic E-state index is 12.4. The van der Waals surface area contributed by atoms with Gasteiger partial charge in [-0.15, -0.1) is 0 Å². The summed E-state index contributed by atoms with van der Waals surface area (Å²) in [4.78, 5) is 17.0. The van der Waals surface area contributed by atoms with Gasteiger partial charge in [-0.25, -0.2) is 5.43 Å². The molecule has 3 aromatic rings. The van der Waals surface area contributed by atoms with E-state index in [1.165, 1.54) is 11.1 Å². The monoisotopic (exact) mass is 486 g/mol. The number of carbonyl (C=O) groups excluding carboxylic acids is 1. The Morgan fingerprint density at radius 1 is 0.917 bits per heavy atom. The second-order valence-electron chi connectivity index (χ2n) is 9.02. The molecule has 1 amide bonds. The number of amides is 1. The van der Waals surface area contributed by atoms with Gasteiger partial charge in [0.15, 0.2) is 11.5 Å². The van der Waals surface area contributed by atoms with E-state index in [0.29, 0.717) is 24.7 Å². The van der Waals surface area contributed by atoms with Crippen molar-refractivity contribution in [2.75, 3.05) is 39.8 Å². The van der Waals surface area contributed by atoms with Gasteiger partial charge >= 0.3 is 0 Å². The van der Waals surface area contributed by atoms with Crippen LogP contribution in [0.4, 0.5) is 0 Å². The number of nitrogens with one attached hydrogen (secondary N) is 1. The third kappa shape index (κ3) is 7.66. The lowest BCUT2D eigenvalue weighted by Gasteiger charge is -2.34. The molecular weight excluding hydrogens is 452 g/mol. The molecule has 1 N–H and O–H groups in total. The fourth-order valence-electron chi connectivity index (χ4n) is 4.10. The highest BCUT2D eigenvalue weighted by Gasteiger charge is 2.19. The molecule has 0 aliphatic carbocycles. The lowest BCUT2D eigenvalue weighted by Crippen LogP contribution is -2.48. The van der Waals surface area contributed by atoms with Gasteiger partial charge in [0, 0.05) is 32.7 Å². The van der Waals surface area contributed by atoms with Crippen molar-refractivity contribution in [2.45, 2.75) is 20.1 Å². The molecule has 0 radical (unpaired) electrons. The fraction of sp³-hybridized carbons (Fsp3) is 0.310. The Morgan fingerprint density at radius 3 is 2.36 bits per heavy atom. The number of hydrogen-bond donors (Lipinski definition) is 1. The molecule has 7 heteroatoms. The minimum Gasteiger partial charge on any atom is -0.493 e. The lowest BCUT2D eigenvalue weighted by atomic mass is 10.1. The smallest absolute Gasteiger partial charge is 0.254 e. The van der Waals surface area contributed by atoms with Crippen LogP contribution in [0.15, 0.2) is 77.9 Å². The van der Waals surface area contributed by atoms with Crippen molar-refractivity contribution in [2.24, 2.45) is 5.10 Å². The SMILES string of the molecule is COc1ccc(/C=N/NC(=O)CN2CCN(Cc3ccc(C)cc3)CC2)cc1OCc1ccccc1. The third-order valence-electron chi connectivity index (χ3n) is 6.19. The number of piperazine rings is 1. The van der Waals surface area contributed by atoms with Gasteiger partial charge in [-0.3, -0.25) is 14.6 Å². The summed E-state index contributed by atoms with van der Waals surface area (Å²) >= 11 is 0. The number of ether oxygens (including phenoxy) is 2. The van der Waals surface area contributed by atoms with Gasteiger partial charge in [0.2, 0.25) is 0 Å². The minimum atomic E-state index is -0.118. The molecule has 36 heavy (non-hydrogen) atoms. The van der Waals surface area contributed by atoms with E-state index >= 15 is 0 Å². The Hall–Kier alpha value is -3.68. The Balaban J connectivity index is 1.22. The normalized spacial score (nSPS) is 14.6. The van der Waals surface area contributed by atoms with Crippen LogP contribution in [0.2, 0.25) is 0 Å². The molecule has 3 aromatic carbocycles. The topological polar surface area (TPSA) is 66.4 Å². The molecule has 0 aromatic heterocycles. The quantitative estimate of drug-likeness (QED) is 0.348. The van der Waals surface area contributed by atoms with Crippen molar-refractivity contribution in [1.82, 2.24) is 15.2 Å². The van der Waals surface area contributed by atoms with Gasteiger partial charge < -0.3 is 9.47 Å². The lowest BCUT2D eigenvalue weighted by molar-refractivity contribution is -0.122. The molecule has 0 bridgehead atoms. The largest absolute Gasteiger partial charge is 0.493 e. The van der Waals surface area contributed by atoms with Crippen molar-refractivity contribution in [1.29, 1.82) is 0 Å². The van der Waals surface area contributed by atoms with Crippen molar-refractivity contribution in [3.8, 4) is 11.5 Å². The molecule has 0 spiro atoms. The first kappa shape index (κ1) is 25.4. The fourth-order valence-corrected chi connectivity index (χ4v) is 4.10. The Morgan fingerprint density at radius 2 is 1.64 bits per heavy atom. The average molecular weight is 487 g/mol. The average Bonchev–Trinajstić information content (AvgIpc) is 2.90. The molecule has 1 fully saturated rings. The van der Waals surface area contributed by atoms with E-state index in [0.717, 1.165) is 43.9 Å². The number of carbonyl (C=O) groups is 1. The summed E-state index contributed by atoms with van der Waals surface area (Å²) in [6, 6.07) is 24.2. The maximum atomic E-state index is 12.4. The number of benzene rings is 3. The number of methoxy groups -OCH3 is 1. The molecule has 1 heterocycles. The third-order valence-corrected chi connectivity index (χ3v) is 6.19. The van der Waals surface area contributed by atoms with E-state index in [2.05, 4.69) is 51.5 Å². The van der Waals surface area contributed by atoms with Crippen LogP contribution in [0.25, 0.3) is 0 Å². The molecule has 1 aliphatic heterocycles. The zero-order valence-corrected chi connectivity index (χ0v) is 21.0. The van der Waals surface area contributed by atoms with Crippen molar-refractivity contribution in [3.63, 3.8) is 0 Å². The van der Waals surface area contributed by atoms with E-state index in [1.807, 2.05) is 48.5 Å². The van der Waals surface area contributed by atoms with E-state index in [-0.39, 0.29) is 5.91 Å². The Labute approximate surface area is 213 Å². The second kappa shape index (κ2) is 12.9. The number of hydrazone groups is 1. The van der Waals surface area contributed by atoms with Gasteiger partial charge in [0.1, 0.15) is 6.61 Å². The van der Waals surface area contributed by atoms with Gasteiger partial charge in [0.25, 0.3) is 5.91 Å². The standard InChI is InChI=1S/C29H34N4O3/c1-23-8-10-24(11-9-23)20-32-14-16-33(17-15-32)21-29(34)31-30-19-26-12-13-27(35-2)28(18-26)36-22-25-6-4-3-5-7-25/h3-13,18-19H,14-17,20-22H2,1-2H3,(H,31,34)/b30-19+. The van der Waals surface area contributed by atoms with Gasteiger partial charge in [0.05, 0.1) is 19.9 Å². The van der Waals surface area contributed by atoms with E-state index in [9.17, 15) is 4.79 Å². The summed E-state index contributed by atoms with van der Waals surface area (Å²) in [5.41, 5.74) is 7.13. The maximum Gasteiger partial charge on any atom is 0.254 e. The molecule has 7 nitrogen and oxygen atoms in total. The predicted octanol–water partition coefficient (Wildman–Crippen LogP) is 3.85. The zero-order valence-electron chi connectivity index (χ0n) is 21.0. The van der Waals surface area contributed by atoms with Crippen LogP contribution < -0.4 is 14.9 Å². The summed E-state index contributed by atoms with van der Waals surface area (Å²) in [7, 11) is 1.61. The molecule has 4 rings (SSSR count). The summed E-state index contributed by atoms with van der Waals surface area (Å²) in [5, 5.41) is 4.14. The van der Waals surface area contributed by atoms with Crippen LogP contribution in [-0.4, -0.2) is 61.8 Å². The van der Waals surface area contributed by atoms with E-state index in [1.54, 1.807) is 13.3 Å². The van der Waals surface area contributed by atoms with Crippen LogP contribution in [0.1, 0.15) is 22.3 Å². The molecule has 0 unspecified atom stereocenters. The van der Waals surface area contributed by atoms with Crippen LogP contribution >= 0.6 is 0 Å².